The highest BCUT2D eigenvalue weighted by molar-refractivity contribution is 7.98. The SMILES string of the molecule is CC1CCC(C(C)C)C(OCc2csc(CSc3cccc4c3CN(C3CCC(=O)NC3=O)C4=O)n2)C1. The maximum absolute atomic E-state index is 13.1. The number of thioether (sulfide) groups is 1. The van der Waals surface area contributed by atoms with Crippen molar-refractivity contribution < 1.29 is 19.1 Å². The normalized spacial score (nSPS) is 26.1. The molecule has 3 amide bonds. The number of hydrogen-bond acceptors (Lipinski definition) is 7. The third kappa shape index (κ3) is 5.78. The Morgan fingerprint density at radius 2 is 2.05 bits per heavy atom. The van der Waals surface area contributed by atoms with Crippen molar-refractivity contribution in [1.29, 1.82) is 0 Å². The summed E-state index contributed by atoms with van der Waals surface area (Å²) in [5.41, 5.74) is 2.58. The lowest BCUT2D eigenvalue weighted by molar-refractivity contribution is -0.136. The van der Waals surface area contributed by atoms with Crippen LogP contribution in [0.5, 0.6) is 0 Å². The number of rotatable bonds is 8. The van der Waals surface area contributed by atoms with Crippen LogP contribution in [0.15, 0.2) is 28.5 Å². The van der Waals surface area contributed by atoms with Crippen molar-refractivity contribution in [2.24, 2.45) is 17.8 Å². The first-order valence-corrected chi connectivity index (χ1v) is 15.1. The lowest BCUT2D eigenvalue weighted by Gasteiger charge is -2.37. The zero-order chi connectivity index (χ0) is 26.1. The van der Waals surface area contributed by atoms with E-state index in [-0.39, 0.29) is 24.1 Å². The Balaban J connectivity index is 1.19. The third-order valence-electron chi connectivity index (χ3n) is 7.90. The van der Waals surface area contributed by atoms with Crippen molar-refractivity contribution in [3.8, 4) is 0 Å². The Labute approximate surface area is 226 Å². The molecule has 1 N–H and O–H groups in total. The first kappa shape index (κ1) is 26.4. The van der Waals surface area contributed by atoms with Gasteiger partial charge in [-0.05, 0) is 54.7 Å². The fraction of sp³-hybridized carbons (Fsp3) is 0.571. The number of amides is 3. The van der Waals surface area contributed by atoms with Crippen molar-refractivity contribution in [1.82, 2.24) is 15.2 Å². The van der Waals surface area contributed by atoms with Crippen LogP contribution in [-0.4, -0.2) is 39.8 Å². The fourth-order valence-electron chi connectivity index (χ4n) is 5.81. The zero-order valence-electron chi connectivity index (χ0n) is 21.7. The molecule has 4 atom stereocenters. The van der Waals surface area contributed by atoms with Crippen molar-refractivity contribution >= 4 is 40.8 Å². The number of piperidine rings is 1. The second-order valence-electron chi connectivity index (χ2n) is 10.9. The Bertz CT molecular complexity index is 1180. The number of nitrogens with one attached hydrogen (secondary N) is 1. The lowest BCUT2D eigenvalue weighted by atomic mass is 9.75. The Hall–Kier alpha value is -2.23. The van der Waals surface area contributed by atoms with Crippen LogP contribution in [-0.2, 0) is 33.2 Å². The zero-order valence-corrected chi connectivity index (χ0v) is 23.3. The molecule has 3 aliphatic rings. The molecule has 2 fully saturated rings. The molecule has 2 aromatic rings. The monoisotopic (exact) mass is 541 g/mol. The van der Waals surface area contributed by atoms with Gasteiger partial charge in [0.25, 0.3) is 5.91 Å². The lowest BCUT2D eigenvalue weighted by Crippen LogP contribution is -2.52. The van der Waals surface area contributed by atoms with Crippen molar-refractivity contribution in [2.45, 2.75) is 88.8 Å². The van der Waals surface area contributed by atoms with Crippen LogP contribution in [0.2, 0.25) is 0 Å². The highest BCUT2D eigenvalue weighted by Crippen LogP contribution is 2.37. The molecule has 37 heavy (non-hydrogen) atoms. The Morgan fingerprint density at radius 1 is 1.22 bits per heavy atom. The van der Waals surface area contributed by atoms with Crippen LogP contribution in [0.3, 0.4) is 0 Å². The minimum atomic E-state index is -0.598. The second-order valence-corrected chi connectivity index (χ2v) is 12.8. The van der Waals surface area contributed by atoms with E-state index in [0.29, 0.717) is 54.7 Å². The number of aromatic nitrogens is 1. The number of carbonyl (C=O) groups excluding carboxylic acids is 3. The van der Waals surface area contributed by atoms with Crippen molar-refractivity contribution in [3.05, 3.63) is 45.4 Å². The molecule has 4 unspecified atom stereocenters. The van der Waals surface area contributed by atoms with Crippen molar-refractivity contribution in [3.63, 3.8) is 0 Å². The maximum Gasteiger partial charge on any atom is 0.255 e. The van der Waals surface area contributed by atoms with Crippen LogP contribution in [0.1, 0.15) is 79.5 Å². The molecule has 1 saturated heterocycles. The van der Waals surface area contributed by atoms with Crippen LogP contribution in [0.25, 0.3) is 0 Å². The van der Waals surface area contributed by atoms with E-state index < -0.39 is 6.04 Å². The molecule has 5 rings (SSSR count). The molecular formula is C28H35N3O4S2. The summed E-state index contributed by atoms with van der Waals surface area (Å²) in [5.74, 6) is 1.88. The minimum absolute atomic E-state index is 0.141. The number of nitrogens with zero attached hydrogens (tertiary/aromatic N) is 2. The van der Waals surface area contributed by atoms with E-state index in [1.54, 1.807) is 28.0 Å². The molecule has 0 spiro atoms. The molecule has 1 aromatic heterocycles. The predicted molar refractivity (Wildman–Crippen MR) is 144 cm³/mol. The number of ether oxygens (including phenoxy) is 1. The number of fused-ring (bicyclic) bond motifs is 1. The molecule has 1 aliphatic carbocycles. The van der Waals surface area contributed by atoms with Gasteiger partial charge in [-0.2, -0.15) is 0 Å². The quantitative estimate of drug-likeness (QED) is 0.366. The van der Waals surface area contributed by atoms with Gasteiger partial charge in [-0.15, -0.1) is 23.1 Å². The first-order chi connectivity index (χ1) is 17.8. The largest absolute Gasteiger partial charge is 0.372 e. The second kappa shape index (κ2) is 11.3. The van der Waals surface area contributed by atoms with Gasteiger partial charge in [0, 0.05) is 28.8 Å². The average Bonchev–Trinajstić information content (AvgIpc) is 3.46. The summed E-state index contributed by atoms with van der Waals surface area (Å²) in [5, 5.41) is 5.49. The summed E-state index contributed by atoms with van der Waals surface area (Å²) in [4.78, 5) is 44.4. The summed E-state index contributed by atoms with van der Waals surface area (Å²) in [7, 11) is 0. The summed E-state index contributed by atoms with van der Waals surface area (Å²) in [6, 6.07) is 5.14. The minimum Gasteiger partial charge on any atom is -0.372 e. The van der Waals surface area contributed by atoms with Crippen LogP contribution >= 0.6 is 23.1 Å². The number of hydrogen-bond donors (Lipinski definition) is 1. The van der Waals surface area contributed by atoms with Gasteiger partial charge in [0.2, 0.25) is 11.8 Å². The van der Waals surface area contributed by atoms with Crippen LogP contribution in [0.4, 0.5) is 0 Å². The van der Waals surface area contributed by atoms with E-state index in [4.69, 9.17) is 9.72 Å². The predicted octanol–water partition coefficient (Wildman–Crippen LogP) is 5.17. The molecule has 2 aliphatic heterocycles. The van der Waals surface area contributed by atoms with E-state index in [1.165, 1.54) is 12.8 Å². The summed E-state index contributed by atoms with van der Waals surface area (Å²) < 4.78 is 6.39. The van der Waals surface area contributed by atoms with E-state index in [1.807, 2.05) is 18.2 Å². The van der Waals surface area contributed by atoms with Gasteiger partial charge in [-0.25, -0.2) is 4.98 Å². The van der Waals surface area contributed by atoms with Gasteiger partial charge in [0.05, 0.1) is 24.2 Å². The highest BCUT2D eigenvalue weighted by atomic mass is 32.2. The Kier molecular flexibility index (Phi) is 8.02. The van der Waals surface area contributed by atoms with Crippen LogP contribution < -0.4 is 5.32 Å². The van der Waals surface area contributed by atoms with Crippen molar-refractivity contribution in [2.75, 3.05) is 0 Å². The number of carbonyl (C=O) groups is 3. The molecular weight excluding hydrogens is 506 g/mol. The summed E-state index contributed by atoms with van der Waals surface area (Å²) >= 11 is 3.31. The van der Waals surface area contributed by atoms with Gasteiger partial charge in [-0.1, -0.05) is 33.3 Å². The van der Waals surface area contributed by atoms with E-state index in [0.717, 1.165) is 27.6 Å². The number of imide groups is 1. The van der Waals surface area contributed by atoms with E-state index in [9.17, 15) is 14.4 Å². The van der Waals surface area contributed by atoms with E-state index >= 15 is 0 Å². The van der Waals surface area contributed by atoms with Gasteiger partial charge in [0.1, 0.15) is 11.0 Å². The highest BCUT2D eigenvalue weighted by Gasteiger charge is 2.40. The standard InChI is InChI=1S/C28H35N3O4S2/c1-16(2)19-8-7-17(3)11-23(19)35-13-18-14-37-26(29-18)15-36-24-6-4-5-20-21(24)12-31(28(20)34)22-9-10-25(32)30-27(22)33/h4-6,14,16-17,19,22-23H,7-13,15H2,1-3H3,(H,30,32,33). The van der Waals surface area contributed by atoms with E-state index in [2.05, 4.69) is 31.5 Å². The average molecular weight is 542 g/mol. The fourth-order valence-corrected chi connectivity index (χ4v) is 7.69. The van der Waals surface area contributed by atoms with Gasteiger partial charge in [0.15, 0.2) is 0 Å². The Morgan fingerprint density at radius 3 is 2.84 bits per heavy atom. The number of benzene rings is 1. The first-order valence-electron chi connectivity index (χ1n) is 13.2. The van der Waals surface area contributed by atoms with Gasteiger partial charge < -0.3 is 9.64 Å². The smallest absolute Gasteiger partial charge is 0.255 e. The molecule has 1 saturated carbocycles. The maximum atomic E-state index is 13.1. The topological polar surface area (TPSA) is 88.6 Å². The number of thiazole rings is 1. The van der Waals surface area contributed by atoms with Gasteiger partial charge >= 0.3 is 0 Å². The molecule has 0 bridgehead atoms. The molecule has 7 nitrogen and oxygen atoms in total. The molecule has 0 radical (unpaired) electrons. The van der Waals surface area contributed by atoms with Gasteiger partial charge in [-0.3, -0.25) is 19.7 Å². The molecule has 198 valence electrons. The summed E-state index contributed by atoms with van der Waals surface area (Å²) in [6.07, 6.45) is 4.60. The molecule has 9 heteroatoms. The molecule has 3 heterocycles. The summed E-state index contributed by atoms with van der Waals surface area (Å²) in [6.45, 7) is 7.86. The molecule has 1 aromatic carbocycles. The van der Waals surface area contributed by atoms with Crippen LogP contribution in [0, 0.1) is 17.8 Å². The third-order valence-corrected chi connectivity index (χ3v) is 10.1.